The summed E-state index contributed by atoms with van der Waals surface area (Å²) < 4.78 is 37.5. The number of hydrogen-bond donors (Lipinski definition) is 0. The number of aryl methyl sites for hydroxylation is 1. The molecule has 1 fully saturated rings. The summed E-state index contributed by atoms with van der Waals surface area (Å²) in [5, 5.41) is 6.97. The Balaban J connectivity index is 1.65. The van der Waals surface area contributed by atoms with Crippen molar-refractivity contribution < 1.29 is 13.2 Å². The van der Waals surface area contributed by atoms with E-state index in [0.717, 1.165) is 30.5 Å². The van der Waals surface area contributed by atoms with Crippen LogP contribution < -0.4 is 9.80 Å². The van der Waals surface area contributed by atoms with Crippen molar-refractivity contribution in [2.45, 2.75) is 13.1 Å². The molecular weight excluding hydrogens is 307 g/mol. The van der Waals surface area contributed by atoms with Crippen LogP contribution in [0.5, 0.6) is 0 Å². The highest BCUT2D eigenvalue weighted by Crippen LogP contribution is 2.27. The van der Waals surface area contributed by atoms with Crippen molar-refractivity contribution in [3.63, 3.8) is 0 Å². The summed E-state index contributed by atoms with van der Waals surface area (Å²) in [6.07, 6.45) is -2.68. The van der Waals surface area contributed by atoms with Gasteiger partial charge in [0.15, 0.2) is 11.5 Å². The van der Waals surface area contributed by atoms with E-state index in [1.54, 1.807) is 6.20 Å². The summed E-state index contributed by atoms with van der Waals surface area (Å²) >= 11 is 0. The second-order valence-corrected chi connectivity index (χ2v) is 5.44. The summed E-state index contributed by atoms with van der Waals surface area (Å²) in [5.74, 6) is 1.39. The van der Waals surface area contributed by atoms with E-state index in [1.165, 1.54) is 6.07 Å². The maximum atomic E-state index is 12.5. The van der Waals surface area contributed by atoms with E-state index in [4.69, 9.17) is 0 Å². The summed E-state index contributed by atoms with van der Waals surface area (Å²) in [4.78, 5) is 8.44. The van der Waals surface area contributed by atoms with Gasteiger partial charge in [-0.1, -0.05) is 0 Å². The number of halogens is 3. The van der Waals surface area contributed by atoms with E-state index in [1.807, 2.05) is 24.0 Å². The molecule has 1 aliphatic heterocycles. The monoisotopic (exact) mass is 323 g/mol. The highest BCUT2D eigenvalue weighted by atomic mass is 19.4. The number of nitrogens with zero attached hydrogens (tertiary/aromatic N) is 5. The van der Waals surface area contributed by atoms with Crippen molar-refractivity contribution in [3.05, 3.63) is 41.7 Å². The molecule has 3 rings (SSSR count). The van der Waals surface area contributed by atoms with Gasteiger partial charge in [0.05, 0.1) is 0 Å². The molecule has 8 heteroatoms. The van der Waals surface area contributed by atoms with Gasteiger partial charge in [-0.2, -0.15) is 13.2 Å². The lowest BCUT2D eigenvalue weighted by atomic mass is 10.2. The number of aromatic nitrogens is 3. The Kier molecular flexibility index (Phi) is 4.06. The molecule has 0 radical (unpaired) electrons. The van der Waals surface area contributed by atoms with E-state index in [0.29, 0.717) is 18.9 Å². The Morgan fingerprint density at radius 1 is 0.913 bits per heavy atom. The van der Waals surface area contributed by atoms with Gasteiger partial charge in [0.25, 0.3) is 0 Å². The molecule has 0 amide bonds. The number of pyridine rings is 1. The first kappa shape index (κ1) is 15.5. The predicted octanol–water partition coefficient (Wildman–Crippen LogP) is 2.53. The minimum Gasteiger partial charge on any atom is -0.353 e. The maximum Gasteiger partial charge on any atom is 0.435 e. The molecule has 0 bridgehead atoms. The summed E-state index contributed by atoms with van der Waals surface area (Å²) in [6, 6.07) is 6.30. The lowest BCUT2D eigenvalue weighted by Crippen LogP contribution is -2.47. The molecule has 0 aliphatic carbocycles. The fourth-order valence-corrected chi connectivity index (χ4v) is 2.50. The molecule has 0 saturated carbocycles. The van der Waals surface area contributed by atoms with Crippen molar-refractivity contribution in [3.8, 4) is 0 Å². The van der Waals surface area contributed by atoms with Crippen LogP contribution in [0.15, 0.2) is 30.5 Å². The molecule has 3 heterocycles. The van der Waals surface area contributed by atoms with Crippen LogP contribution in [-0.2, 0) is 6.18 Å². The van der Waals surface area contributed by atoms with Crippen LogP contribution in [0.2, 0.25) is 0 Å². The van der Waals surface area contributed by atoms with Gasteiger partial charge < -0.3 is 9.80 Å². The first-order valence-electron chi connectivity index (χ1n) is 7.27. The Hall–Kier alpha value is -2.38. The first-order chi connectivity index (χ1) is 10.9. The minimum absolute atomic E-state index is 0.467. The van der Waals surface area contributed by atoms with E-state index in [2.05, 4.69) is 20.1 Å². The number of anilines is 2. The largest absolute Gasteiger partial charge is 0.435 e. The molecule has 23 heavy (non-hydrogen) atoms. The second kappa shape index (κ2) is 6.02. The summed E-state index contributed by atoms with van der Waals surface area (Å²) in [7, 11) is 0. The fraction of sp³-hybridized carbons (Fsp3) is 0.400. The Morgan fingerprint density at radius 2 is 1.57 bits per heavy atom. The molecule has 2 aromatic heterocycles. The summed E-state index contributed by atoms with van der Waals surface area (Å²) in [6.45, 7) is 4.81. The maximum absolute atomic E-state index is 12.5. The lowest BCUT2D eigenvalue weighted by Gasteiger charge is -2.35. The Morgan fingerprint density at radius 3 is 2.09 bits per heavy atom. The van der Waals surface area contributed by atoms with Crippen molar-refractivity contribution >= 4 is 11.6 Å². The van der Waals surface area contributed by atoms with Gasteiger partial charge in [0.1, 0.15) is 5.82 Å². The van der Waals surface area contributed by atoms with Crippen molar-refractivity contribution in [2.24, 2.45) is 0 Å². The smallest absolute Gasteiger partial charge is 0.353 e. The molecule has 0 unspecified atom stereocenters. The molecule has 5 nitrogen and oxygen atoms in total. The quantitative estimate of drug-likeness (QED) is 0.850. The topological polar surface area (TPSA) is 45.2 Å². The lowest BCUT2D eigenvalue weighted by molar-refractivity contribution is -0.141. The average molecular weight is 323 g/mol. The van der Waals surface area contributed by atoms with Crippen LogP contribution >= 0.6 is 0 Å². The zero-order chi connectivity index (χ0) is 16.4. The molecular formula is C15H16F3N5. The predicted molar refractivity (Wildman–Crippen MR) is 80.4 cm³/mol. The number of rotatable bonds is 2. The zero-order valence-corrected chi connectivity index (χ0v) is 12.6. The Bertz CT molecular complexity index is 664. The van der Waals surface area contributed by atoms with Crippen molar-refractivity contribution in [1.29, 1.82) is 0 Å². The van der Waals surface area contributed by atoms with E-state index < -0.39 is 11.9 Å². The second-order valence-electron chi connectivity index (χ2n) is 5.44. The molecule has 0 atom stereocenters. The van der Waals surface area contributed by atoms with Gasteiger partial charge in [0, 0.05) is 32.4 Å². The van der Waals surface area contributed by atoms with Crippen LogP contribution in [0, 0.1) is 6.92 Å². The first-order valence-corrected chi connectivity index (χ1v) is 7.27. The van der Waals surface area contributed by atoms with Crippen LogP contribution in [0.3, 0.4) is 0 Å². The zero-order valence-electron chi connectivity index (χ0n) is 12.6. The molecule has 122 valence electrons. The standard InChI is InChI=1S/C15H16F3N5/c1-11-4-5-19-14(10-11)23-8-6-22(7-9-23)13-3-2-12(20-21-13)15(16,17)18/h2-5,10H,6-9H2,1H3. The summed E-state index contributed by atoms with van der Waals surface area (Å²) in [5.41, 5.74) is 0.176. The third kappa shape index (κ3) is 3.52. The van der Waals surface area contributed by atoms with Gasteiger partial charge in [0.2, 0.25) is 0 Å². The average Bonchev–Trinajstić information content (AvgIpc) is 2.54. The highest BCUT2D eigenvalue weighted by molar-refractivity contribution is 5.45. The van der Waals surface area contributed by atoms with Gasteiger partial charge in [-0.15, -0.1) is 10.2 Å². The number of piperazine rings is 1. The third-order valence-electron chi connectivity index (χ3n) is 3.77. The van der Waals surface area contributed by atoms with Crippen LogP contribution in [0.4, 0.5) is 24.8 Å². The SMILES string of the molecule is Cc1ccnc(N2CCN(c3ccc(C(F)(F)F)nn3)CC2)c1. The number of alkyl halides is 3. The van der Waals surface area contributed by atoms with Gasteiger partial charge in [-0.3, -0.25) is 0 Å². The third-order valence-corrected chi connectivity index (χ3v) is 3.77. The van der Waals surface area contributed by atoms with Crippen LogP contribution in [0.1, 0.15) is 11.3 Å². The van der Waals surface area contributed by atoms with Crippen molar-refractivity contribution in [2.75, 3.05) is 36.0 Å². The van der Waals surface area contributed by atoms with Gasteiger partial charge >= 0.3 is 6.18 Å². The van der Waals surface area contributed by atoms with Crippen LogP contribution in [-0.4, -0.2) is 41.4 Å². The van der Waals surface area contributed by atoms with Crippen molar-refractivity contribution in [1.82, 2.24) is 15.2 Å². The van der Waals surface area contributed by atoms with Gasteiger partial charge in [-0.05, 0) is 36.8 Å². The Labute approximate surface area is 131 Å². The fourth-order valence-electron chi connectivity index (χ4n) is 2.50. The molecule has 2 aromatic rings. The van der Waals surface area contributed by atoms with Gasteiger partial charge in [-0.25, -0.2) is 4.98 Å². The highest BCUT2D eigenvalue weighted by Gasteiger charge is 2.33. The molecule has 1 saturated heterocycles. The normalized spacial score (nSPS) is 15.8. The molecule has 0 aromatic carbocycles. The minimum atomic E-state index is -4.46. The van der Waals surface area contributed by atoms with E-state index >= 15 is 0 Å². The molecule has 0 spiro atoms. The van der Waals surface area contributed by atoms with E-state index in [9.17, 15) is 13.2 Å². The van der Waals surface area contributed by atoms with E-state index in [-0.39, 0.29) is 0 Å². The number of hydrogen-bond acceptors (Lipinski definition) is 5. The van der Waals surface area contributed by atoms with Crippen LogP contribution in [0.25, 0.3) is 0 Å². The molecule has 1 aliphatic rings. The molecule has 0 N–H and O–H groups in total.